The molecule has 0 fully saturated rings. The van der Waals surface area contributed by atoms with Crippen LogP contribution < -0.4 is 5.32 Å². The first kappa shape index (κ1) is 15.7. The van der Waals surface area contributed by atoms with Gasteiger partial charge in [-0.3, -0.25) is 4.98 Å². The van der Waals surface area contributed by atoms with Crippen LogP contribution in [-0.4, -0.2) is 20.1 Å². The second kappa shape index (κ2) is 6.15. The van der Waals surface area contributed by atoms with Gasteiger partial charge >= 0.3 is 6.18 Å². The molecule has 3 aromatic rings. The molecule has 2 aromatic heterocycles. The van der Waals surface area contributed by atoms with Crippen molar-refractivity contribution in [3.8, 4) is 17.3 Å². The number of aromatic nitrogens is 3. The Morgan fingerprint density at radius 3 is 2.46 bits per heavy atom. The second-order valence-electron chi connectivity index (χ2n) is 4.85. The number of hydrogen-bond donors (Lipinski definition) is 2. The number of rotatable bonds is 3. The normalized spacial score (nSPS) is 11.3. The van der Waals surface area contributed by atoms with E-state index in [1.54, 1.807) is 24.3 Å². The molecule has 0 saturated heterocycles. The number of nitrogens with zero attached hydrogens (tertiary/aromatic N) is 3. The lowest BCUT2D eigenvalue weighted by atomic mass is 10.2. The van der Waals surface area contributed by atoms with Crippen LogP contribution >= 0.6 is 0 Å². The van der Waals surface area contributed by atoms with Crippen molar-refractivity contribution in [1.82, 2.24) is 15.0 Å². The van der Waals surface area contributed by atoms with E-state index in [1.807, 2.05) is 0 Å². The molecule has 0 aliphatic rings. The predicted molar refractivity (Wildman–Crippen MR) is 81.7 cm³/mol. The summed E-state index contributed by atoms with van der Waals surface area (Å²) in [5.74, 6) is -0.216. The maximum atomic E-state index is 13.1. The van der Waals surface area contributed by atoms with E-state index in [0.29, 0.717) is 5.69 Å². The number of phenols is 1. The summed E-state index contributed by atoms with van der Waals surface area (Å²) < 4.78 is 39.3. The van der Waals surface area contributed by atoms with E-state index in [-0.39, 0.29) is 23.1 Å². The third kappa shape index (κ3) is 3.60. The van der Waals surface area contributed by atoms with Crippen molar-refractivity contribution in [2.75, 3.05) is 5.32 Å². The zero-order valence-electron chi connectivity index (χ0n) is 12.1. The van der Waals surface area contributed by atoms with E-state index in [4.69, 9.17) is 0 Å². The molecule has 0 aliphatic carbocycles. The lowest BCUT2D eigenvalue weighted by molar-refractivity contribution is -0.141. The van der Waals surface area contributed by atoms with Gasteiger partial charge in [-0.1, -0.05) is 12.1 Å². The largest absolute Gasteiger partial charge is 0.508 e. The first-order valence-electron chi connectivity index (χ1n) is 6.85. The van der Waals surface area contributed by atoms with Gasteiger partial charge in [0.1, 0.15) is 17.3 Å². The van der Waals surface area contributed by atoms with Gasteiger partial charge in [0.05, 0.1) is 0 Å². The average molecular weight is 332 g/mol. The molecule has 0 bridgehead atoms. The van der Waals surface area contributed by atoms with Crippen LogP contribution in [0.5, 0.6) is 5.75 Å². The molecule has 0 amide bonds. The summed E-state index contributed by atoms with van der Waals surface area (Å²) >= 11 is 0. The molecular formula is C16H11F3N4O. The Kier molecular flexibility index (Phi) is 4.03. The van der Waals surface area contributed by atoms with Crippen molar-refractivity contribution in [2.24, 2.45) is 0 Å². The molecule has 8 heteroatoms. The van der Waals surface area contributed by atoms with Crippen molar-refractivity contribution in [2.45, 2.75) is 6.18 Å². The number of phenolic OH excluding ortho intramolecular Hbond substituents is 1. The Hall–Kier alpha value is -3.16. The minimum atomic E-state index is -4.62. The van der Waals surface area contributed by atoms with Gasteiger partial charge in [-0.25, -0.2) is 9.97 Å². The molecule has 24 heavy (non-hydrogen) atoms. The molecular weight excluding hydrogens is 321 g/mol. The lowest BCUT2D eigenvalue weighted by Gasteiger charge is -2.12. The van der Waals surface area contributed by atoms with E-state index >= 15 is 0 Å². The van der Waals surface area contributed by atoms with Crippen LogP contribution in [0.3, 0.4) is 0 Å². The summed E-state index contributed by atoms with van der Waals surface area (Å²) in [5.41, 5.74) is -0.461. The highest BCUT2D eigenvalue weighted by molar-refractivity contribution is 5.61. The zero-order valence-corrected chi connectivity index (χ0v) is 12.1. The highest BCUT2D eigenvalue weighted by Gasteiger charge is 2.34. The van der Waals surface area contributed by atoms with Gasteiger partial charge in [0.15, 0.2) is 11.5 Å². The monoisotopic (exact) mass is 332 g/mol. The van der Waals surface area contributed by atoms with Crippen molar-refractivity contribution >= 4 is 11.5 Å². The van der Waals surface area contributed by atoms with E-state index in [9.17, 15) is 18.3 Å². The predicted octanol–water partition coefficient (Wildman–Crippen LogP) is 4.01. The number of nitrogens with one attached hydrogen (secondary N) is 1. The molecule has 0 saturated carbocycles. The quantitative estimate of drug-likeness (QED) is 0.758. The van der Waals surface area contributed by atoms with Crippen LogP contribution in [0.25, 0.3) is 11.5 Å². The number of aromatic hydroxyl groups is 1. The van der Waals surface area contributed by atoms with E-state index in [2.05, 4.69) is 20.3 Å². The van der Waals surface area contributed by atoms with Gasteiger partial charge in [-0.15, -0.1) is 0 Å². The Morgan fingerprint density at radius 1 is 0.958 bits per heavy atom. The van der Waals surface area contributed by atoms with Crippen molar-refractivity contribution in [3.05, 3.63) is 60.4 Å². The lowest BCUT2D eigenvalue weighted by Crippen LogP contribution is -2.11. The molecule has 122 valence electrons. The SMILES string of the molecule is Oc1cccc(Nc2cc(C(F)(F)F)nc(-c3ccccn3)n2)c1. The van der Waals surface area contributed by atoms with Gasteiger partial charge in [-0.05, 0) is 24.3 Å². The maximum Gasteiger partial charge on any atom is 0.433 e. The van der Waals surface area contributed by atoms with Crippen LogP contribution in [-0.2, 0) is 6.18 Å². The molecule has 1 aromatic carbocycles. The number of benzene rings is 1. The Balaban J connectivity index is 2.05. The number of hydrogen-bond acceptors (Lipinski definition) is 5. The first-order valence-corrected chi connectivity index (χ1v) is 6.85. The first-order chi connectivity index (χ1) is 11.4. The fourth-order valence-corrected chi connectivity index (χ4v) is 2.00. The minimum Gasteiger partial charge on any atom is -0.508 e. The van der Waals surface area contributed by atoms with Crippen LogP contribution in [0.4, 0.5) is 24.7 Å². The minimum absolute atomic E-state index is 0.0185. The fourth-order valence-electron chi connectivity index (χ4n) is 2.00. The van der Waals surface area contributed by atoms with Crippen molar-refractivity contribution in [3.63, 3.8) is 0 Å². The number of halogens is 3. The molecule has 5 nitrogen and oxygen atoms in total. The highest BCUT2D eigenvalue weighted by Crippen LogP contribution is 2.31. The van der Waals surface area contributed by atoms with Crippen LogP contribution in [0, 0.1) is 0 Å². The second-order valence-corrected chi connectivity index (χ2v) is 4.85. The smallest absolute Gasteiger partial charge is 0.433 e. The molecule has 0 aliphatic heterocycles. The molecule has 0 radical (unpaired) electrons. The van der Waals surface area contributed by atoms with Gasteiger partial charge in [0.2, 0.25) is 0 Å². The molecule has 0 unspecified atom stereocenters. The maximum absolute atomic E-state index is 13.1. The topological polar surface area (TPSA) is 70.9 Å². The third-order valence-corrected chi connectivity index (χ3v) is 3.03. The summed E-state index contributed by atoms with van der Waals surface area (Å²) in [5, 5.41) is 12.2. The highest BCUT2D eigenvalue weighted by atomic mass is 19.4. The Morgan fingerprint density at radius 2 is 1.79 bits per heavy atom. The Bertz CT molecular complexity index is 853. The van der Waals surface area contributed by atoms with E-state index < -0.39 is 11.9 Å². The van der Waals surface area contributed by atoms with Gasteiger partial charge < -0.3 is 10.4 Å². The van der Waals surface area contributed by atoms with Crippen molar-refractivity contribution < 1.29 is 18.3 Å². The van der Waals surface area contributed by atoms with E-state index in [1.165, 1.54) is 24.4 Å². The summed E-state index contributed by atoms with van der Waals surface area (Å²) in [6.07, 6.45) is -3.18. The summed E-state index contributed by atoms with van der Waals surface area (Å²) in [4.78, 5) is 11.6. The summed E-state index contributed by atoms with van der Waals surface area (Å²) in [6, 6.07) is 11.6. The van der Waals surface area contributed by atoms with Gasteiger partial charge in [0, 0.05) is 24.0 Å². The number of alkyl halides is 3. The standard InChI is InChI=1S/C16H11F3N4O/c17-16(18,19)13-9-14(21-10-4-3-5-11(24)8-10)23-15(22-13)12-6-1-2-7-20-12/h1-9,24H,(H,21,22,23). The third-order valence-electron chi connectivity index (χ3n) is 3.03. The zero-order chi connectivity index (χ0) is 17.2. The number of anilines is 2. The fraction of sp³-hybridized carbons (Fsp3) is 0.0625. The molecule has 0 atom stereocenters. The molecule has 0 spiro atoms. The summed E-state index contributed by atoms with van der Waals surface area (Å²) in [6.45, 7) is 0. The Labute approximate surface area is 134 Å². The number of pyridine rings is 1. The van der Waals surface area contributed by atoms with Crippen LogP contribution in [0.15, 0.2) is 54.7 Å². The molecule has 3 rings (SSSR count). The molecule has 2 heterocycles. The van der Waals surface area contributed by atoms with Crippen molar-refractivity contribution in [1.29, 1.82) is 0 Å². The summed E-state index contributed by atoms with van der Waals surface area (Å²) in [7, 11) is 0. The van der Waals surface area contributed by atoms with Gasteiger partial charge in [0.25, 0.3) is 0 Å². The molecule has 2 N–H and O–H groups in total. The van der Waals surface area contributed by atoms with Crippen LogP contribution in [0.1, 0.15) is 5.69 Å². The van der Waals surface area contributed by atoms with Crippen LogP contribution in [0.2, 0.25) is 0 Å². The van der Waals surface area contributed by atoms with E-state index in [0.717, 1.165) is 6.07 Å². The van der Waals surface area contributed by atoms with Gasteiger partial charge in [-0.2, -0.15) is 13.2 Å². The average Bonchev–Trinajstić information content (AvgIpc) is 2.54.